The molecule has 0 radical (unpaired) electrons. The molecule has 0 bridgehead atoms. The highest BCUT2D eigenvalue weighted by Gasteiger charge is 2.34. The Kier molecular flexibility index (Phi) is 11.9. The summed E-state index contributed by atoms with van der Waals surface area (Å²) in [5.74, 6) is -0.563. The lowest BCUT2D eigenvalue weighted by atomic mass is 9.99. The first kappa shape index (κ1) is 29.7. The zero-order valence-electron chi connectivity index (χ0n) is 22.2. The third kappa shape index (κ3) is 9.79. The molecule has 0 fully saturated rings. The molecule has 0 saturated carbocycles. The van der Waals surface area contributed by atoms with Crippen LogP contribution in [-0.2, 0) is 12.7 Å². The lowest BCUT2D eigenvalue weighted by Gasteiger charge is -2.14. The number of pyridine rings is 1. The van der Waals surface area contributed by atoms with Crippen LogP contribution in [0.3, 0.4) is 0 Å². The number of hydrogen-bond acceptors (Lipinski definition) is 4. The minimum atomic E-state index is -4.58. The van der Waals surface area contributed by atoms with Crippen molar-refractivity contribution in [2.45, 2.75) is 73.0 Å². The van der Waals surface area contributed by atoms with Crippen molar-refractivity contribution in [3.05, 3.63) is 95.0 Å². The number of rotatable bonds is 11. The van der Waals surface area contributed by atoms with Gasteiger partial charge in [-0.05, 0) is 68.7 Å². The third-order valence-electron chi connectivity index (χ3n) is 5.41. The standard InChI is InChI=1S/C29H36F3N5/c1-6-9-11-15-33-27(35-18-23-19-36-28(37-20-23)29(30,31)32)25(22(5)12-10-7-2)16-24(8-3)26-14-13-21(4)17-34-26/h8,11-17,19-20H,6-7,9-10,18H2,1-5H3,(H,33,35)/b15-11+,22-12+,24-8+,25-16+. The Morgan fingerprint density at radius 3 is 2.30 bits per heavy atom. The first-order chi connectivity index (χ1) is 17.7. The van der Waals surface area contributed by atoms with Crippen LogP contribution < -0.4 is 5.32 Å². The molecule has 0 amide bonds. The Hall–Kier alpha value is -3.55. The Morgan fingerprint density at radius 1 is 1.03 bits per heavy atom. The van der Waals surface area contributed by atoms with Gasteiger partial charge in [0.2, 0.25) is 5.82 Å². The Labute approximate surface area is 218 Å². The van der Waals surface area contributed by atoms with Crippen molar-refractivity contribution >= 4 is 11.4 Å². The van der Waals surface area contributed by atoms with E-state index < -0.39 is 12.0 Å². The van der Waals surface area contributed by atoms with E-state index in [1.54, 1.807) is 0 Å². The summed E-state index contributed by atoms with van der Waals surface area (Å²) in [5.41, 5.74) is 5.23. The van der Waals surface area contributed by atoms with Gasteiger partial charge in [0, 0.05) is 29.7 Å². The predicted octanol–water partition coefficient (Wildman–Crippen LogP) is 7.78. The predicted molar refractivity (Wildman–Crippen MR) is 145 cm³/mol. The van der Waals surface area contributed by atoms with E-state index in [2.05, 4.69) is 40.2 Å². The lowest BCUT2D eigenvalue weighted by molar-refractivity contribution is -0.145. The van der Waals surface area contributed by atoms with Gasteiger partial charge in [-0.2, -0.15) is 13.2 Å². The van der Waals surface area contributed by atoms with E-state index in [1.165, 1.54) is 12.4 Å². The van der Waals surface area contributed by atoms with E-state index in [9.17, 15) is 13.2 Å². The molecule has 0 atom stereocenters. The third-order valence-corrected chi connectivity index (χ3v) is 5.41. The maximum absolute atomic E-state index is 12.9. The van der Waals surface area contributed by atoms with E-state index in [4.69, 9.17) is 4.99 Å². The van der Waals surface area contributed by atoms with Gasteiger partial charge in [0.1, 0.15) is 5.84 Å². The summed E-state index contributed by atoms with van der Waals surface area (Å²) in [6.45, 7) is 10.3. The van der Waals surface area contributed by atoms with Gasteiger partial charge in [0.25, 0.3) is 0 Å². The molecule has 5 nitrogen and oxygen atoms in total. The van der Waals surface area contributed by atoms with Gasteiger partial charge in [-0.25, -0.2) is 9.97 Å². The van der Waals surface area contributed by atoms with Crippen molar-refractivity contribution in [3.63, 3.8) is 0 Å². The summed E-state index contributed by atoms with van der Waals surface area (Å²) in [6.07, 6.45) is 13.5. The fourth-order valence-electron chi connectivity index (χ4n) is 3.29. The summed E-state index contributed by atoms with van der Waals surface area (Å²) in [7, 11) is 0. The number of aromatic nitrogens is 3. The highest BCUT2D eigenvalue weighted by Crippen LogP contribution is 2.25. The molecule has 2 aromatic heterocycles. The van der Waals surface area contributed by atoms with Gasteiger partial charge >= 0.3 is 6.18 Å². The molecule has 37 heavy (non-hydrogen) atoms. The Morgan fingerprint density at radius 2 is 1.73 bits per heavy atom. The van der Waals surface area contributed by atoms with Crippen LogP contribution in [0, 0.1) is 6.92 Å². The van der Waals surface area contributed by atoms with Crippen LogP contribution in [0.5, 0.6) is 0 Å². The van der Waals surface area contributed by atoms with Crippen LogP contribution in [-0.4, -0.2) is 20.8 Å². The van der Waals surface area contributed by atoms with Crippen molar-refractivity contribution in [1.29, 1.82) is 0 Å². The minimum absolute atomic E-state index is 0.119. The molecule has 2 aromatic rings. The smallest absolute Gasteiger partial charge is 0.347 e. The highest BCUT2D eigenvalue weighted by molar-refractivity contribution is 6.04. The van der Waals surface area contributed by atoms with Crippen molar-refractivity contribution in [2.24, 2.45) is 4.99 Å². The molecule has 198 valence electrons. The molecule has 2 heterocycles. The normalized spacial score (nSPS) is 13.9. The van der Waals surface area contributed by atoms with E-state index in [1.807, 2.05) is 63.5 Å². The lowest BCUT2D eigenvalue weighted by Crippen LogP contribution is -2.21. The van der Waals surface area contributed by atoms with Crippen molar-refractivity contribution in [3.8, 4) is 0 Å². The number of amidine groups is 1. The van der Waals surface area contributed by atoms with E-state index in [0.717, 1.165) is 53.7 Å². The van der Waals surface area contributed by atoms with Crippen molar-refractivity contribution in [1.82, 2.24) is 20.3 Å². The molecule has 0 aliphatic rings. The van der Waals surface area contributed by atoms with Gasteiger partial charge in [-0.1, -0.05) is 51.0 Å². The quantitative estimate of drug-likeness (QED) is 0.190. The van der Waals surface area contributed by atoms with Crippen LogP contribution in [0.15, 0.2) is 77.4 Å². The summed E-state index contributed by atoms with van der Waals surface area (Å²) in [4.78, 5) is 16.2. The van der Waals surface area contributed by atoms with Crippen LogP contribution in [0.2, 0.25) is 0 Å². The second kappa shape index (κ2) is 14.9. The molecule has 8 heteroatoms. The number of unbranched alkanes of at least 4 members (excludes halogenated alkanes) is 2. The molecule has 0 saturated heterocycles. The summed E-state index contributed by atoms with van der Waals surface area (Å²) in [6, 6.07) is 4.00. The van der Waals surface area contributed by atoms with Gasteiger partial charge in [-0.3, -0.25) is 9.98 Å². The van der Waals surface area contributed by atoms with Gasteiger partial charge < -0.3 is 5.32 Å². The summed E-state index contributed by atoms with van der Waals surface area (Å²) < 4.78 is 38.6. The Balaban J connectivity index is 2.54. The molecule has 0 aliphatic carbocycles. The highest BCUT2D eigenvalue weighted by atomic mass is 19.4. The van der Waals surface area contributed by atoms with Gasteiger partial charge in [0.05, 0.1) is 12.2 Å². The molecule has 2 rings (SSSR count). The number of hydrogen-bond donors (Lipinski definition) is 1. The number of nitrogens with zero attached hydrogens (tertiary/aromatic N) is 4. The summed E-state index contributed by atoms with van der Waals surface area (Å²) in [5, 5.41) is 3.30. The molecule has 0 spiro atoms. The molecular weight excluding hydrogens is 475 g/mol. The van der Waals surface area contributed by atoms with E-state index >= 15 is 0 Å². The first-order valence-corrected chi connectivity index (χ1v) is 12.5. The zero-order chi connectivity index (χ0) is 27.3. The molecule has 0 aliphatic heterocycles. The maximum atomic E-state index is 12.9. The van der Waals surface area contributed by atoms with Gasteiger partial charge in [0.15, 0.2) is 0 Å². The number of nitrogens with one attached hydrogen (secondary N) is 1. The van der Waals surface area contributed by atoms with Crippen LogP contribution in [0.25, 0.3) is 5.57 Å². The number of allylic oxidation sites excluding steroid dienone is 5. The van der Waals surface area contributed by atoms with Crippen molar-refractivity contribution in [2.75, 3.05) is 0 Å². The van der Waals surface area contributed by atoms with E-state index in [0.29, 0.717) is 11.4 Å². The Bertz CT molecular complexity index is 1140. The molecule has 0 unspecified atom stereocenters. The number of halogens is 3. The second-order valence-electron chi connectivity index (χ2n) is 8.61. The largest absolute Gasteiger partial charge is 0.451 e. The fraction of sp³-hybridized carbons (Fsp3) is 0.379. The number of aliphatic imine (C=N–C) groups is 1. The van der Waals surface area contributed by atoms with E-state index in [-0.39, 0.29) is 6.54 Å². The second-order valence-corrected chi connectivity index (χ2v) is 8.61. The maximum Gasteiger partial charge on any atom is 0.451 e. The van der Waals surface area contributed by atoms with Gasteiger partial charge in [-0.15, -0.1) is 0 Å². The van der Waals surface area contributed by atoms with Crippen LogP contribution in [0.4, 0.5) is 13.2 Å². The average Bonchev–Trinajstić information content (AvgIpc) is 2.88. The molecule has 1 N–H and O–H groups in total. The molecule has 0 aromatic carbocycles. The molecular formula is C29H36F3N5. The first-order valence-electron chi connectivity index (χ1n) is 12.5. The zero-order valence-corrected chi connectivity index (χ0v) is 22.2. The van der Waals surface area contributed by atoms with Crippen molar-refractivity contribution < 1.29 is 13.2 Å². The average molecular weight is 512 g/mol. The van der Waals surface area contributed by atoms with Crippen LogP contribution >= 0.6 is 0 Å². The fourth-order valence-corrected chi connectivity index (χ4v) is 3.29. The minimum Gasteiger partial charge on any atom is -0.347 e. The van der Waals surface area contributed by atoms with Crippen LogP contribution in [0.1, 0.15) is 76.0 Å². The SMILES string of the molecule is C\C=C(/C=C(C(=NCc1cnc(C(F)(F)F)nc1)N/C=C/CCC)\C(C)=C\CCC)c1ccc(C)cn1. The number of alkyl halides is 3. The summed E-state index contributed by atoms with van der Waals surface area (Å²) >= 11 is 0. The topological polar surface area (TPSA) is 63.1 Å². The number of aryl methyl sites for hydroxylation is 1. The monoisotopic (exact) mass is 511 g/mol.